The minimum atomic E-state index is -4.33. The van der Waals surface area contributed by atoms with Crippen molar-refractivity contribution in [2.45, 2.75) is 25.0 Å². The Morgan fingerprint density at radius 3 is 2.50 bits per heavy atom. The molecule has 0 amide bonds. The summed E-state index contributed by atoms with van der Waals surface area (Å²) in [7, 11) is -4.33. The first-order valence-electron chi connectivity index (χ1n) is 8.31. The topological polar surface area (TPSA) is 72.8 Å². The molecule has 0 aromatic heterocycles. The van der Waals surface area contributed by atoms with E-state index < -0.39 is 16.1 Å². The van der Waals surface area contributed by atoms with Gasteiger partial charge in [0.1, 0.15) is 5.75 Å². The maximum absolute atomic E-state index is 10.7. The molecule has 1 heterocycles. The monoisotopic (exact) mass is 402 g/mol. The summed E-state index contributed by atoms with van der Waals surface area (Å²) >= 11 is 2.07. The van der Waals surface area contributed by atoms with Gasteiger partial charge in [0, 0.05) is 17.2 Å². The van der Waals surface area contributed by atoms with Crippen LogP contribution in [0.3, 0.4) is 0 Å². The molecule has 1 aliphatic heterocycles. The standard InChI is InChI=1S/C17H20O2S.CH3FO3S/c1-2-18-12-19-16-10-9-15(17-8-5-11-20-17)13-6-3-4-7-14(13)16;2-1-6(3,4)5/h3-4,6-7,9-10,17H,2,5,8,11-12H2,1H3;1H2,(H,3,4,5). The summed E-state index contributed by atoms with van der Waals surface area (Å²) in [5, 5.41) is 3.15. The van der Waals surface area contributed by atoms with Gasteiger partial charge in [0.2, 0.25) is 6.01 Å². The number of hydrogen-bond donors (Lipinski definition) is 1. The second kappa shape index (κ2) is 10.1. The Bertz CT molecular complexity index is 804. The van der Waals surface area contributed by atoms with Gasteiger partial charge >= 0.3 is 0 Å². The predicted octanol–water partition coefficient (Wildman–Crippen LogP) is 4.58. The fraction of sp³-hybridized carbons (Fsp3) is 0.444. The van der Waals surface area contributed by atoms with Crippen molar-refractivity contribution in [3.63, 3.8) is 0 Å². The molecule has 1 fully saturated rings. The lowest BCUT2D eigenvalue weighted by molar-refractivity contribution is 0.0233. The largest absolute Gasteiger partial charge is 0.467 e. The van der Waals surface area contributed by atoms with Gasteiger partial charge in [-0.2, -0.15) is 20.2 Å². The first kappa shape index (κ1) is 21.0. The van der Waals surface area contributed by atoms with E-state index in [0.717, 1.165) is 5.75 Å². The normalized spacial score (nSPS) is 17.0. The zero-order valence-electron chi connectivity index (χ0n) is 14.6. The van der Waals surface area contributed by atoms with Crippen molar-refractivity contribution in [3.8, 4) is 5.75 Å². The molecular formula is C18H23FO5S2. The van der Waals surface area contributed by atoms with Crippen LogP contribution >= 0.6 is 11.8 Å². The Kier molecular flexibility index (Phi) is 8.15. The number of ether oxygens (including phenoxy) is 2. The molecule has 3 rings (SSSR count). The van der Waals surface area contributed by atoms with Gasteiger partial charge in [0.05, 0.1) is 0 Å². The molecule has 5 nitrogen and oxygen atoms in total. The molecule has 26 heavy (non-hydrogen) atoms. The van der Waals surface area contributed by atoms with Gasteiger partial charge in [0.25, 0.3) is 10.1 Å². The number of halogens is 1. The first-order chi connectivity index (χ1) is 12.5. The lowest BCUT2D eigenvalue weighted by atomic mass is 9.99. The van der Waals surface area contributed by atoms with E-state index in [1.165, 1.54) is 34.9 Å². The maximum Gasteiger partial charge on any atom is 0.294 e. The van der Waals surface area contributed by atoms with Gasteiger partial charge in [-0.1, -0.05) is 30.3 Å². The summed E-state index contributed by atoms with van der Waals surface area (Å²) in [6.07, 6.45) is 2.61. The van der Waals surface area contributed by atoms with E-state index in [1.54, 1.807) is 0 Å². The molecule has 144 valence electrons. The van der Waals surface area contributed by atoms with Crippen LogP contribution in [0.2, 0.25) is 0 Å². The highest BCUT2D eigenvalue weighted by atomic mass is 32.2. The van der Waals surface area contributed by atoms with Crippen LogP contribution in [0.4, 0.5) is 4.39 Å². The summed E-state index contributed by atoms with van der Waals surface area (Å²) in [5.74, 6) is 2.20. The van der Waals surface area contributed by atoms with E-state index in [0.29, 0.717) is 18.6 Å². The lowest BCUT2D eigenvalue weighted by Gasteiger charge is -2.15. The number of alkyl halides is 1. The smallest absolute Gasteiger partial charge is 0.294 e. The Balaban J connectivity index is 0.000000352. The van der Waals surface area contributed by atoms with Crippen molar-refractivity contribution < 1.29 is 26.8 Å². The van der Waals surface area contributed by atoms with Gasteiger partial charge in [-0.3, -0.25) is 4.55 Å². The van der Waals surface area contributed by atoms with Crippen LogP contribution in [0.25, 0.3) is 10.8 Å². The Morgan fingerprint density at radius 2 is 1.92 bits per heavy atom. The molecule has 1 atom stereocenters. The number of benzene rings is 2. The van der Waals surface area contributed by atoms with Crippen LogP contribution in [0.1, 0.15) is 30.6 Å². The van der Waals surface area contributed by atoms with E-state index >= 15 is 0 Å². The summed E-state index contributed by atoms with van der Waals surface area (Å²) in [6.45, 7) is 2.97. The van der Waals surface area contributed by atoms with E-state index in [1.807, 2.05) is 6.92 Å². The van der Waals surface area contributed by atoms with Crippen LogP contribution < -0.4 is 4.74 Å². The Morgan fingerprint density at radius 1 is 1.23 bits per heavy atom. The van der Waals surface area contributed by atoms with Crippen LogP contribution in [0.15, 0.2) is 36.4 Å². The van der Waals surface area contributed by atoms with Gasteiger partial charge in [-0.05, 0) is 42.5 Å². The Hall–Kier alpha value is -1.35. The second-order valence-electron chi connectivity index (χ2n) is 5.65. The van der Waals surface area contributed by atoms with Crippen LogP contribution in [-0.2, 0) is 14.9 Å². The van der Waals surface area contributed by atoms with Crippen molar-refractivity contribution in [1.82, 2.24) is 0 Å². The molecule has 1 saturated heterocycles. The molecule has 0 aliphatic carbocycles. The molecule has 1 unspecified atom stereocenters. The van der Waals surface area contributed by atoms with Crippen molar-refractivity contribution >= 4 is 32.7 Å². The predicted molar refractivity (Wildman–Crippen MR) is 103 cm³/mol. The summed E-state index contributed by atoms with van der Waals surface area (Å²) < 4.78 is 47.5. The van der Waals surface area contributed by atoms with Crippen LogP contribution in [0.5, 0.6) is 5.75 Å². The minimum absolute atomic E-state index is 0.317. The third-order valence-corrected chi connectivity index (χ3v) is 5.53. The maximum atomic E-state index is 10.7. The molecule has 2 aromatic carbocycles. The van der Waals surface area contributed by atoms with E-state index in [-0.39, 0.29) is 0 Å². The molecule has 0 saturated carbocycles. The van der Waals surface area contributed by atoms with Gasteiger partial charge in [0.15, 0.2) is 6.79 Å². The van der Waals surface area contributed by atoms with Gasteiger partial charge in [-0.25, -0.2) is 4.39 Å². The quantitative estimate of drug-likeness (QED) is 0.433. The average Bonchev–Trinajstić information content (AvgIpc) is 3.16. The Labute approximate surface area is 157 Å². The van der Waals surface area contributed by atoms with Crippen LogP contribution in [-0.4, -0.2) is 38.1 Å². The van der Waals surface area contributed by atoms with Crippen molar-refractivity contribution in [3.05, 3.63) is 42.0 Å². The summed E-state index contributed by atoms with van der Waals surface area (Å²) in [5.41, 5.74) is 1.45. The first-order valence-corrected chi connectivity index (χ1v) is 11.0. The number of rotatable bonds is 6. The van der Waals surface area contributed by atoms with Gasteiger partial charge in [-0.15, -0.1) is 0 Å². The molecule has 0 spiro atoms. The number of hydrogen-bond acceptors (Lipinski definition) is 5. The number of thioether (sulfide) groups is 1. The minimum Gasteiger partial charge on any atom is -0.467 e. The fourth-order valence-corrected chi connectivity index (χ4v) is 4.05. The lowest BCUT2D eigenvalue weighted by Crippen LogP contribution is -2.03. The molecule has 0 bridgehead atoms. The molecule has 2 aromatic rings. The highest BCUT2D eigenvalue weighted by Crippen LogP contribution is 2.43. The average molecular weight is 403 g/mol. The van der Waals surface area contributed by atoms with Crippen molar-refractivity contribution in [1.29, 1.82) is 0 Å². The molecule has 1 N–H and O–H groups in total. The zero-order chi connectivity index (χ0) is 19.0. The SMILES string of the molecule is CCOCOc1ccc(C2CCCS2)c2ccccc12.O=S(=O)(O)CF. The molecule has 0 radical (unpaired) electrons. The van der Waals surface area contributed by atoms with Crippen molar-refractivity contribution in [2.24, 2.45) is 0 Å². The fourth-order valence-electron chi connectivity index (χ4n) is 2.71. The number of fused-ring (bicyclic) bond motifs is 1. The highest BCUT2D eigenvalue weighted by Gasteiger charge is 2.20. The van der Waals surface area contributed by atoms with Crippen LogP contribution in [0, 0.1) is 0 Å². The summed E-state index contributed by atoms with van der Waals surface area (Å²) in [4.78, 5) is 0. The van der Waals surface area contributed by atoms with Gasteiger partial charge < -0.3 is 9.47 Å². The molecule has 1 aliphatic rings. The second-order valence-corrected chi connectivity index (χ2v) is 8.34. The van der Waals surface area contributed by atoms with E-state index in [9.17, 15) is 12.8 Å². The highest BCUT2D eigenvalue weighted by molar-refractivity contribution is 7.99. The van der Waals surface area contributed by atoms with Crippen molar-refractivity contribution in [2.75, 3.05) is 25.2 Å². The van der Waals surface area contributed by atoms with E-state index in [4.69, 9.17) is 14.0 Å². The third-order valence-electron chi connectivity index (χ3n) is 3.83. The molecule has 8 heteroatoms. The zero-order valence-corrected chi connectivity index (χ0v) is 16.2. The van der Waals surface area contributed by atoms with E-state index in [2.05, 4.69) is 48.2 Å². The third kappa shape index (κ3) is 6.12. The molecular weight excluding hydrogens is 379 g/mol. The summed E-state index contributed by atoms with van der Waals surface area (Å²) in [6, 6.07) is 11.1.